The molecule has 1 aliphatic rings. The lowest BCUT2D eigenvalue weighted by molar-refractivity contribution is -0.127. The Hall–Kier alpha value is -2.17. The summed E-state index contributed by atoms with van der Waals surface area (Å²) in [5, 5.41) is 5.10. The Labute approximate surface area is 159 Å². The van der Waals surface area contributed by atoms with E-state index >= 15 is 0 Å². The molecule has 1 saturated heterocycles. The molecule has 10 heteroatoms. The molecule has 0 radical (unpaired) electrons. The van der Waals surface area contributed by atoms with Gasteiger partial charge in [-0.05, 0) is 38.1 Å². The highest BCUT2D eigenvalue weighted by Gasteiger charge is 2.26. The van der Waals surface area contributed by atoms with Crippen molar-refractivity contribution < 1.29 is 27.5 Å². The van der Waals surface area contributed by atoms with Crippen molar-refractivity contribution in [3.05, 3.63) is 24.3 Å². The third-order valence-corrected chi connectivity index (χ3v) is 5.61. The molecule has 0 aliphatic carbocycles. The number of morpholine rings is 1. The minimum Gasteiger partial charge on any atom is -0.484 e. The minimum atomic E-state index is -3.56. The lowest BCUT2D eigenvalue weighted by atomic mass is 10.3. The number of sulfonamides is 1. The maximum atomic E-state index is 12.5. The number of amides is 2. The number of rotatable bonds is 8. The number of nitrogens with one attached hydrogen (secondary N) is 2. The highest BCUT2D eigenvalue weighted by molar-refractivity contribution is 7.89. The number of ether oxygens (including phenoxy) is 2. The van der Waals surface area contributed by atoms with Crippen molar-refractivity contribution in [2.75, 3.05) is 39.5 Å². The maximum Gasteiger partial charge on any atom is 0.258 e. The van der Waals surface area contributed by atoms with Gasteiger partial charge in [-0.15, -0.1) is 0 Å². The van der Waals surface area contributed by atoms with Gasteiger partial charge in [0.25, 0.3) is 5.91 Å². The van der Waals surface area contributed by atoms with Crippen molar-refractivity contribution in [3.63, 3.8) is 0 Å². The molecule has 1 fully saturated rings. The zero-order valence-electron chi connectivity index (χ0n) is 15.4. The van der Waals surface area contributed by atoms with E-state index in [4.69, 9.17) is 9.47 Å². The quantitative estimate of drug-likeness (QED) is 0.622. The van der Waals surface area contributed by atoms with Crippen LogP contribution in [0.4, 0.5) is 0 Å². The van der Waals surface area contributed by atoms with Gasteiger partial charge in [0, 0.05) is 19.1 Å². The van der Waals surface area contributed by atoms with Gasteiger partial charge in [-0.25, -0.2) is 8.42 Å². The van der Waals surface area contributed by atoms with E-state index in [9.17, 15) is 18.0 Å². The van der Waals surface area contributed by atoms with E-state index in [1.54, 1.807) is 0 Å². The zero-order chi connectivity index (χ0) is 19.9. The van der Waals surface area contributed by atoms with Gasteiger partial charge in [-0.2, -0.15) is 4.31 Å². The first-order valence-corrected chi connectivity index (χ1v) is 10.1. The van der Waals surface area contributed by atoms with Crippen molar-refractivity contribution >= 4 is 21.8 Å². The number of carbonyl (C=O) groups excluding carboxylic acids is 2. The van der Waals surface area contributed by atoms with Crippen LogP contribution in [0.25, 0.3) is 0 Å². The van der Waals surface area contributed by atoms with Crippen molar-refractivity contribution in [2.45, 2.75) is 24.8 Å². The summed E-state index contributed by atoms with van der Waals surface area (Å²) in [5.74, 6) is -0.368. The standard InChI is InChI=1S/C17H25N3O6S/c1-13(2)19-16(21)11-18-17(22)12-26-14-3-5-15(6-4-14)27(23,24)20-7-9-25-10-8-20/h3-6,13H,7-12H2,1-2H3,(H,18,22)(H,19,21). The summed E-state index contributed by atoms with van der Waals surface area (Å²) in [6.45, 7) is 4.66. The first-order valence-electron chi connectivity index (χ1n) is 8.66. The molecule has 9 nitrogen and oxygen atoms in total. The van der Waals surface area contributed by atoms with Gasteiger partial charge in [0.05, 0.1) is 24.7 Å². The zero-order valence-corrected chi connectivity index (χ0v) is 16.3. The van der Waals surface area contributed by atoms with E-state index in [0.29, 0.717) is 32.1 Å². The van der Waals surface area contributed by atoms with Gasteiger partial charge in [0.1, 0.15) is 5.75 Å². The van der Waals surface area contributed by atoms with E-state index in [2.05, 4.69) is 10.6 Å². The highest BCUT2D eigenvalue weighted by Crippen LogP contribution is 2.20. The fourth-order valence-electron chi connectivity index (χ4n) is 2.40. The van der Waals surface area contributed by atoms with Crippen molar-refractivity contribution in [3.8, 4) is 5.75 Å². The number of hydrogen-bond donors (Lipinski definition) is 2. The Morgan fingerprint density at radius 3 is 2.37 bits per heavy atom. The van der Waals surface area contributed by atoms with Crippen LogP contribution in [-0.4, -0.2) is 70.0 Å². The lowest BCUT2D eigenvalue weighted by Gasteiger charge is -2.26. The third kappa shape index (κ3) is 6.49. The van der Waals surface area contributed by atoms with Crippen LogP contribution in [0.5, 0.6) is 5.75 Å². The Morgan fingerprint density at radius 1 is 1.15 bits per heavy atom. The van der Waals surface area contributed by atoms with E-state index in [1.807, 2.05) is 13.8 Å². The second kappa shape index (κ2) is 9.67. The average Bonchev–Trinajstić information content (AvgIpc) is 2.65. The summed E-state index contributed by atoms with van der Waals surface area (Å²) in [6, 6.07) is 5.86. The van der Waals surface area contributed by atoms with Gasteiger partial charge in [0.15, 0.2) is 6.61 Å². The van der Waals surface area contributed by atoms with Crippen molar-refractivity contribution in [2.24, 2.45) is 0 Å². The molecule has 0 spiro atoms. The molecule has 2 rings (SSSR count). The maximum absolute atomic E-state index is 12.5. The van der Waals surface area contributed by atoms with Gasteiger partial charge < -0.3 is 20.1 Å². The lowest BCUT2D eigenvalue weighted by Crippen LogP contribution is -2.41. The summed E-state index contributed by atoms with van der Waals surface area (Å²) in [4.78, 5) is 23.3. The van der Waals surface area contributed by atoms with Crippen LogP contribution in [0.15, 0.2) is 29.2 Å². The topological polar surface area (TPSA) is 114 Å². The molecule has 27 heavy (non-hydrogen) atoms. The SMILES string of the molecule is CC(C)NC(=O)CNC(=O)COc1ccc(S(=O)(=O)N2CCOCC2)cc1. The summed E-state index contributed by atoms with van der Waals surface area (Å²) < 4.78 is 36.9. The number of hydrogen-bond acceptors (Lipinski definition) is 6. The predicted octanol–water partition coefficient (Wildman–Crippen LogP) is -0.273. The van der Waals surface area contributed by atoms with Crippen LogP contribution in [-0.2, 0) is 24.3 Å². The number of carbonyl (C=O) groups is 2. The molecule has 2 N–H and O–H groups in total. The van der Waals surface area contributed by atoms with Gasteiger partial charge in [0.2, 0.25) is 15.9 Å². The molecule has 1 aromatic carbocycles. The predicted molar refractivity (Wildman–Crippen MR) is 97.8 cm³/mol. The Morgan fingerprint density at radius 2 is 1.78 bits per heavy atom. The normalized spacial score (nSPS) is 15.4. The molecule has 1 aliphatic heterocycles. The first kappa shape index (κ1) is 21.1. The van der Waals surface area contributed by atoms with E-state index < -0.39 is 15.9 Å². The number of nitrogens with zero attached hydrogens (tertiary/aromatic N) is 1. The van der Waals surface area contributed by atoms with E-state index in [1.165, 1.54) is 28.6 Å². The smallest absolute Gasteiger partial charge is 0.258 e. The van der Waals surface area contributed by atoms with Gasteiger partial charge >= 0.3 is 0 Å². The fraction of sp³-hybridized carbons (Fsp3) is 0.529. The Balaban J connectivity index is 1.83. The average molecular weight is 399 g/mol. The molecule has 0 saturated carbocycles. The summed E-state index contributed by atoms with van der Waals surface area (Å²) in [7, 11) is -3.56. The summed E-state index contributed by atoms with van der Waals surface area (Å²) in [5.41, 5.74) is 0. The van der Waals surface area contributed by atoms with Crippen LogP contribution in [0.1, 0.15) is 13.8 Å². The molecule has 0 atom stereocenters. The summed E-state index contributed by atoms with van der Waals surface area (Å²) >= 11 is 0. The second-order valence-corrected chi connectivity index (χ2v) is 8.21. The second-order valence-electron chi connectivity index (χ2n) is 6.28. The largest absolute Gasteiger partial charge is 0.484 e. The van der Waals surface area contributed by atoms with Crippen LogP contribution in [0, 0.1) is 0 Å². The molecular weight excluding hydrogens is 374 g/mol. The first-order chi connectivity index (χ1) is 12.8. The van der Waals surface area contributed by atoms with Gasteiger partial charge in [-0.3, -0.25) is 9.59 Å². The summed E-state index contributed by atoms with van der Waals surface area (Å²) in [6.07, 6.45) is 0. The van der Waals surface area contributed by atoms with Crippen molar-refractivity contribution in [1.82, 2.24) is 14.9 Å². The monoisotopic (exact) mass is 399 g/mol. The minimum absolute atomic E-state index is 0.00194. The molecule has 2 amide bonds. The van der Waals surface area contributed by atoms with Crippen LogP contribution in [0.3, 0.4) is 0 Å². The number of benzene rings is 1. The molecular formula is C17H25N3O6S. The molecule has 0 aromatic heterocycles. The van der Waals surface area contributed by atoms with Crippen LogP contribution in [0.2, 0.25) is 0 Å². The Bertz CT molecular complexity index is 742. The molecule has 1 aromatic rings. The third-order valence-electron chi connectivity index (χ3n) is 3.70. The van der Waals surface area contributed by atoms with Crippen LogP contribution >= 0.6 is 0 Å². The molecule has 1 heterocycles. The van der Waals surface area contributed by atoms with E-state index in [-0.39, 0.29) is 30.0 Å². The molecule has 0 bridgehead atoms. The Kier molecular flexibility index (Phi) is 7.57. The highest BCUT2D eigenvalue weighted by atomic mass is 32.2. The molecule has 150 valence electrons. The van der Waals surface area contributed by atoms with Gasteiger partial charge in [-0.1, -0.05) is 0 Å². The van der Waals surface area contributed by atoms with E-state index in [0.717, 1.165) is 0 Å². The molecule has 0 unspecified atom stereocenters. The van der Waals surface area contributed by atoms with Crippen molar-refractivity contribution in [1.29, 1.82) is 0 Å². The van der Waals surface area contributed by atoms with Crippen LogP contribution < -0.4 is 15.4 Å². The fourth-order valence-corrected chi connectivity index (χ4v) is 3.80.